The highest BCUT2D eigenvalue weighted by atomic mass is 16.5. The molecule has 0 saturated carbocycles. The summed E-state index contributed by atoms with van der Waals surface area (Å²) in [5, 5.41) is 11.9. The van der Waals surface area contributed by atoms with Crippen LogP contribution in [0, 0.1) is 5.92 Å². The van der Waals surface area contributed by atoms with Gasteiger partial charge in [0.15, 0.2) is 0 Å². The molecule has 0 fully saturated rings. The molecule has 32 heavy (non-hydrogen) atoms. The Morgan fingerprint density at radius 3 is 2.09 bits per heavy atom. The summed E-state index contributed by atoms with van der Waals surface area (Å²) >= 11 is 0. The number of benzene rings is 2. The molecule has 0 spiro atoms. The van der Waals surface area contributed by atoms with Gasteiger partial charge in [0.2, 0.25) is 5.91 Å². The summed E-state index contributed by atoms with van der Waals surface area (Å²) in [4.78, 5) is 37.8. The number of carboxylic acid groups (broad SMARTS) is 1. The lowest BCUT2D eigenvalue weighted by molar-refractivity contribution is -0.151. The van der Waals surface area contributed by atoms with Crippen LogP contribution in [-0.4, -0.2) is 53.7 Å². The molecule has 1 aliphatic rings. The molecule has 0 aliphatic heterocycles. The number of carboxylic acids is 1. The predicted molar refractivity (Wildman–Crippen MR) is 121 cm³/mol. The molecule has 2 amide bonds. The van der Waals surface area contributed by atoms with Gasteiger partial charge in [0, 0.05) is 19.0 Å². The van der Waals surface area contributed by atoms with Crippen molar-refractivity contribution in [1.29, 1.82) is 0 Å². The number of alkyl carbamates (subject to hydrolysis) is 1. The van der Waals surface area contributed by atoms with Crippen molar-refractivity contribution in [3.8, 4) is 11.1 Å². The Kier molecular flexibility index (Phi) is 7.51. The standard InChI is InChI=1S/C25H30N2O5/c1-4-17(23(28)27(5-2)16(3)24(29)30)14-26-25(31)32-15-22-20-12-8-6-10-18(20)19-11-7-9-13-21(19)22/h6-13,16-17,22H,4-5,14-15H2,1-3H3,(H,26,31)(H,29,30). The van der Waals surface area contributed by atoms with Crippen molar-refractivity contribution in [1.82, 2.24) is 10.2 Å². The number of carbonyl (C=O) groups excluding carboxylic acids is 2. The second kappa shape index (κ2) is 10.3. The summed E-state index contributed by atoms with van der Waals surface area (Å²) in [6.45, 7) is 5.63. The van der Waals surface area contributed by atoms with Crippen molar-refractivity contribution >= 4 is 18.0 Å². The Balaban J connectivity index is 1.59. The quantitative estimate of drug-likeness (QED) is 0.620. The van der Waals surface area contributed by atoms with Gasteiger partial charge in [-0.25, -0.2) is 9.59 Å². The number of hydrogen-bond donors (Lipinski definition) is 2. The van der Waals surface area contributed by atoms with Crippen LogP contribution < -0.4 is 5.32 Å². The zero-order valence-corrected chi connectivity index (χ0v) is 18.7. The molecule has 7 nitrogen and oxygen atoms in total. The van der Waals surface area contributed by atoms with Gasteiger partial charge in [0.1, 0.15) is 12.6 Å². The van der Waals surface area contributed by atoms with Crippen LogP contribution in [-0.2, 0) is 14.3 Å². The average Bonchev–Trinajstić information content (AvgIpc) is 3.12. The number of carbonyl (C=O) groups is 3. The van der Waals surface area contributed by atoms with Gasteiger partial charge in [-0.2, -0.15) is 0 Å². The molecule has 2 aromatic rings. The summed E-state index contributed by atoms with van der Waals surface area (Å²) in [6, 6.07) is 15.3. The van der Waals surface area contributed by atoms with Crippen LogP contribution in [0.1, 0.15) is 44.2 Å². The van der Waals surface area contributed by atoms with E-state index in [1.165, 1.54) is 11.8 Å². The van der Waals surface area contributed by atoms with Crippen molar-refractivity contribution in [2.75, 3.05) is 19.7 Å². The first-order valence-corrected chi connectivity index (χ1v) is 11.0. The minimum absolute atomic E-state index is 0.0382. The maximum Gasteiger partial charge on any atom is 0.407 e. The fraction of sp³-hybridized carbons (Fsp3) is 0.400. The van der Waals surface area contributed by atoms with Crippen LogP contribution in [0.15, 0.2) is 48.5 Å². The number of nitrogens with zero attached hydrogens (tertiary/aromatic N) is 1. The molecular formula is C25H30N2O5. The molecule has 0 bridgehead atoms. The minimum atomic E-state index is -1.06. The van der Waals surface area contributed by atoms with Gasteiger partial charge < -0.3 is 20.1 Å². The van der Waals surface area contributed by atoms with Crippen molar-refractivity contribution in [3.05, 3.63) is 59.7 Å². The first kappa shape index (κ1) is 23.3. The average molecular weight is 439 g/mol. The lowest BCUT2D eigenvalue weighted by atomic mass is 9.98. The lowest BCUT2D eigenvalue weighted by Gasteiger charge is -2.29. The molecule has 7 heteroatoms. The largest absolute Gasteiger partial charge is 0.480 e. The second-order valence-electron chi connectivity index (χ2n) is 7.95. The van der Waals surface area contributed by atoms with Crippen LogP contribution in [0.3, 0.4) is 0 Å². The Morgan fingerprint density at radius 1 is 1.03 bits per heavy atom. The Hall–Kier alpha value is -3.35. The fourth-order valence-corrected chi connectivity index (χ4v) is 4.25. The second-order valence-corrected chi connectivity index (χ2v) is 7.95. The highest BCUT2D eigenvalue weighted by molar-refractivity contribution is 5.85. The Bertz CT molecular complexity index is 944. The van der Waals surface area contributed by atoms with Crippen LogP contribution in [0.5, 0.6) is 0 Å². The smallest absolute Gasteiger partial charge is 0.407 e. The SMILES string of the molecule is CCC(CNC(=O)OCC1c2ccccc2-c2ccccc21)C(=O)N(CC)C(C)C(=O)O. The summed E-state index contributed by atoms with van der Waals surface area (Å²) in [6.07, 6.45) is -0.113. The molecule has 1 aliphatic carbocycles. The Labute approximate surface area is 188 Å². The molecule has 0 radical (unpaired) electrons. The normalized spacial score (nSPS) is 14.1. The molecule has 2 N–H and O–H groups in total. The first-order valence-electron chi connectivity index (χ1n) is 11.0. The van der Waals surface area contributed by atoms with E-state index in [9.17, 15) is 19.5 Å². The van der Waals surface area contributed by atoms with Gasteiger partial charge in [-0.05, 0) is 42.5 Å². The highest BCUT2D eigenvalue weighted by Gasteiger charge is 2.31. The Morgan fingerprint density at radius 2 is 1.59 bits per heavy atom. The summed E-state index contributed by atoms with van der Waals surface area (Å²) in [5.41, 5.74) is 4.57. The van der Waals surface area contributed by atoms with E-state index in [-0.39, 0.29) is 31.5 Å². The van der Waals surface area contributed by atoms with Gasteiger partial charge >= 0.3 is 12.1 Å². The van der Waals surface area contributed by atoms with E-state index >= 15 is 0 Å². The molecule has 2 aromatic carbocycles. The van der Waals surface area contributed by atoms with Crippen molar-refractivity contribution in [3.63, 3.8) is 0 Å². The molecule has 2 atom stereocenters. The molecule has 0 aromatic heterocycles. The number of likely N-dealkylation sites (N-methyl/N-ethyl adjacent to an activating group) is 1. The number of nitrogens with one attached hydrogen (secondary N) is 1. The van der Waals surface area contributed by atoms with Gasteiger partial charge in [0.25, 0.3) is 0 Å². The zero-order chi connectivity index (χ0) is 23.3. The number of amides is 2. The fourth-order valence-electron chi connectivity index (χ4n) is 4.25. The number of hydrogen-bond acceptors (Lipinski definition) is 4. The van der Waals surface area contributed by atoms with E-state index in [0.29, 0.717) is 6.42 Å². The third-order valence-electron chi connectivity index (χ3n) is 6.13. The van der Waals surface area contributed by atoms with E-state index in [4.69, 9.17) is 4.74 Å². The van der Waals surface area contributed by atoms with Crippen molar-refractivity contribution < 1.29 is 24.2 Å². The van der Waals surface area contributed by atoms with Gasteiger partial charge in [-0.1, -0.05) is 55.5 Å². The van der Waals surface area contributed by atoms with Gasteiger partial charge in [-0.3, -0.25) is 4.79 Å². The van der Waals surface area contributed by atoms with Crippen molar-refractivity contribution in [2.45, 2.75) is 39.2 Å². The van der Waals surface area contributed by atoms with Crippen molar-refractivity contribution in [2.24, 2.45) is 5.92 Å². The molecule has 3 rings (SSSR count). The van der Waals surface area contributed by atoms with E-state index in [1.54, 1.807) is 6.92 Å². The topological polar surface area (TPSA) is 95.9 Å². The van der Waals surface area contributed by atoms with Gasteiger partial charge in [-0.15, -0.1) is 0 Å². The van der Waals surface area contributed by atoms with Crippen LogP contribution >= 0.6 is 0 Å². The monoisotopic (exact) mass is 438 g/mol. The lowest BCUT2D eigenvalue weighted by Crippen LogP contribution is -2.48. The first-order chi connectivity index (χ1) is 15.4. The summed E-state index contributed by atoms with van der Waals surface area (Å²) in [5.74, 6) is -1.90. The molecule has 0 heterocycles. The third-order valence-corrected chi connectivity index (χ3v) is 6.13. The number of rotatable bonds is 9. The van der Waals surface area contributed by atoms with E-state index in [0.717, 1.165) is 22.3 Å². The molecule has 170 valence electrons. The molecular weight excluding hydrogens is 408 g/mol. The molecule has 0 saturated heterocycles. The van der Waals surface area contributed by atoms with E-state index < -0.39 is 24.0 Å². The third kappa shape index (κ3) is 4.77. The minimum Gasteiger partial charge on any atom is -0.480 e. The molecule has 2 unspecified atom stereocenters. The van der Waals surface area contributed by atoms with Crippen LogP contribution in [0.2, 0.25) is 0 Å². The van der Waals surface area contributed by atoms with Crippen LogP contribution in [0.4, 0.5) is 4.79 Å². The number of aliphatic carboxylic acids is 1. The predicted octanol–water partition coefficient (Wildman–Crippen LogP) is 3.87. The van der Waals surface area contributed by atoms with E-state index in [2.05, 4.69) is 29.6 Å². The zero-order valence-electron chi connectivity index (χ0n) is 18.7. The summed E-state index contributed by atoms with van der Waals surface area (Å²) < 4.78 is 5.52. The maximum atomic E-state index is 12.8. The number of fused-ring (bicyclic) bond motifs is 3. The highest BCUT2D eigenvalue weighted by Crippen LogP contribution is 2.44. The van der Waals surface area contributed by atoms with Crippen LogP contribution in [0.25, 0.3) is 11.1 Å². The van der Waals surface area contributed by atoms with E-state index in [1.807, 2.05) is 31.2 Å². The number of ether oxygens (including phenoxy) is 1. The maximum absolute atomic E-state index is 12.8. The summed E-state index contributed by atoms with van der Waals surface area (Å²) in [7, 11) is 0. The van der Waals surface area contributed by atoms with Gasteiger partial charge in [0.05, 0.1) is 5.92 Å².